The molecule has 1 atom stereocenters. The summed E-state index contributed by atoms with van der Waals surface area (Å²) in [5.41, 5.74) is 1.07. The van der Waals surface area contributed by atoms with Crippen LogP contribution in [0, 0.1) is 0 Å². The van der Waals surface area contributed by atoms with E-state index >= 15 is 0 Å². The molecule has 168 valence electrons. The van der Waals surface area contributed by atoms with E-state index in [2.05, 4.69) is 4.90 Å². The number of methoxy groups -OCH3 is 3. The molecule has 0 saturated carbocycles. The van der Waals surface area contributed by atoms with Crippen LogP contribution in [0.15, 0.2) is 12.1 Å². The van der Waals surface area contributed by atoms with E-state index < -0.39 is 0 Å². The Morgan fingerprint density at radius 1 is 1.03 bits per heavy atom. The fraction of sp³-hybridized carbons (Fsp3) is 0.682. The molecule has 1 aromatic rings. The number of rotatable bonds is 10. The zero-order valence-electron chi connectivity index (χ0n) is 18.4. The summed E-state index contributed by atoms with van der Waals surface area (Å²) in [5.74, 6) is 3.61. The number of carbonyl (C=O) groups is 1. The van der Waals surface area contributed by atoms with Crippen molar-refractivity contribution in [3.05, 3.63) is 17.7 Å². The van der Waals surface area contributed by atoms with E-state index in [9.17, 15) is 4.79 Å². The quantitative estimate of drug-likeness (QED) is 0.390. The Hall–Kier alpha value is -1.25. The van der Waals surface area contributed by atoms with Crippen LogP contribution in [0.5, 0.6) is 17.2 Å². The highest BCUT2D eigenvalue weighted by molar-refractivity contribution is 8.77. The maximum Gasteiger partial charge on any atom is 0.222 e. The van der Waals surface area contributed by atoms with Crippen molar-refractivity contribution in [3.63, 3.8) is 0 Å². The molecule has 2 aliphatic heterocycles. The van der Waals surface area contributed by atoms with Gasteiger partial charge in [0, 0.05) is 55.7 Å². The van der Waals surface area contributed by atoms with E-state index in [1.165, 1.54) is 25.0 Å². The third kappa shape index (κ3) is 6.14. The fourth-order valence-electron chi connectivity index (χ4n) is 4.05. The Labute approximate surface area is 188 Å². The number of hydrogen-bond donors (Lipinski definition) is 0. The van der Waals surface area contributed by atoms with Gasteiger partial charge in [0.15, 0.2) is 11.5 Å². The summed E-state index contributed by atoms with van der Waals surface area (Å²) in [7, 11) is 8.93. The first-order valence-electron chi connectivity index (χ1n) is 10.7. The van der Waals surface area contributed by atoms with E-state index in [0.29, 0.717) is 29.6 Å². The van der Waals surface area contributed by atoms with E-state index in [1.54, 1.807) is 21.3 Å². The van der Waals surface area contributed by atoms with Gasteiger partial charge in [0.25, 0.3) is 0 Å². The average molecular weight is 455 g/mol. The van der Waals surface area contributed by atoms with Crippen LogP contribution in [0.25, 0.3) is 0 Å². The van der Waals surface area contributed by atoms with Crippen LogP contribution < -0.4 is 14.2 Å². The lowest BCUT2D eigenvalue weighted by Gasteiger charge is -2.35. The zero-order chi connectivity index (χ0) is 21.3. The minimum Gasteiger partial charge on any atom is -0.493 e. The van der Waals surface area contributed by atoms with Crippen LogP contribution in [0.1, 0.15) is 37.7 Å². The molecular formula is C22H34N2O4S2. The maximum atomic E-state index is 12.6. The molecule has 8 heteroatoms. The Morgan fingerprint density at radius 3 is 2.43 bits per heavy atom. The maximum absolute atomic E-state index is 12.6. The molecule has 2 saturated heterocycles. The van der Waals surface area contributed by atoms with Crippen LogP contribution in [0.2, 0.25) is 0 Å². The molecule has 0 radical (unpaired) electrons. The number of piperazine rings is 1. The SMILES string of the molecule is COc1ccc(CN2CCN(C(=O)CCCC[C@H]3CCSS3)CC2)c(OC)c1OC. The lowest BCUT2D eigenvalue weighted by Crippen LogP contribution is -2.48. The van der Waals surface area contributed by atoms with Crippen molar-refractivity contribution in [1.29, 1.82) is 0 Å². The Kier molecular flexibility index (Phi) is 9.33. The van der Waals surface area contributed by atoms with Crippen LogP contribution in [0.3, 0.4) is 0 Å². The first-order chi connectivity index (χ1) is 14.7. The van der Waals surface area contributed by atoms with Crippen molar-refractivity contribution in [2.24, 2.45) is 0 Å². The molecule has 1 aromatic carbocycles. The number of benzene rings is 1. The van der Waals surface area contributed by atoms with Gasteiger partial charge in [-0.15, -0.1) is 0 Å². The Bertz CT molecular complexity index is 690. The Balaban J connectivity index is 1.43. The van der Waals surface area contributed by atoms with Crippen molar-refractivity contribution in [2.45, 2.75) is 43.9 Å². The van der Waals surface area contributed by atoms with E-state index in [0.717, 1.165) is 50.0 Å². The second kappa shape index (κ2) is 12.0. The molecule has 2 heterocycles. The predicted molar refractivity (Wildman–Crippen MR) is 125 cm³/mol. The highest BCUT2D eigenvalue weighted by Crippen LogP contribution is 2.41. The van der Waals surface area contributed by atoms with Crippen molar-refractivity contribution in [1.82, 2.24) is 9.80 Å². The molecule has 2 fully saturated rings. The molecular weight excluding hydrogens is 420 g/mol. The lowest BCUT2D eigenvalue weighted by atomic mass is 10.1. The van der Waals surface area contributed by atoms with Gasteiger partial charge in [0.2, 0.25) is 11.7 Å². The van der Waals surface area contributed by atoms with Crippen LogP contribution in [-0.4, -0.2) is 74.2 Å². The van der Waals surface area contributed by atoms with Crippen molar-refractivity contribution in [3.8, 4) is 17.2 Å². The minimum atomic E-state index is 0.312. The molecule has 0 unspecified atom stereocenters. The number of unbranched alkanes of at least 4 members (excludes halogenated alkanes) is 1. The standard InChI is InChI=1S/C22H34N2O4S2/c1-26-19-9-8-17(21(27-2)22(19)28-3)16-23-11-13-24(14-12-23)20(25)7-5-4-6-18-10-15-29-30-18/h8-9,18H,4-7,10-16H2,1-3H3/t18-/m0/s1. The average Bonchev–Trinajstić information content (AvgIpc) is 3.30. The summed E-state index contributed by atoms with van der Waals surface area (Å²) < 4.78 is 16.5. The van der Waals surface area contributed by atoms with E-state index in [1.807, 2.05) is 38.6 Å². The molecule has 0 aliphatic carbocycles. The van der Waals surface area contributed by atoms with E-state index in [4.69, 9.17) is 14.2 Å². The number of ether oxygens (including phenoxy) is 3. The third-order valence-electron chi connectivity index (χ3n) is 5.80. The zero-order valence-corrected chi connectivity index (χ0v) is 20.0. The normalized spacial score (nSPS) is 19.7. The van der Waals surface area contributed by atoms with Gasteiger partial charge in [0.1, 0.15) is 0 Å². The first-order valence-corrected chi connectivity index (χ1v) is 13.1. The van der Waals surface area contributed by atoms with Gasteiger partial charge in [-0.2, -0.15) is 0 Å². The predicted octanol–water partition coefficient (Wildman–Crippen LogP) is 4.07. The van der Waals surface area contributed by atoms with Crippen molar-refractivity contribution < 1.29 is 19.0 Å². The van der Waals surface area contributed by atoms with Crippen molar-refractivity contribution in [2.75, 3.05) is 53.3 Å². The number of hydrogen-bond acceptors (Lipinski definition) is 7. The summed E-state index contributed by atoms with van der Waals surface area (Å²) in [6, 6.07) is 3.94. The van der Waals surface area contributed by atoms with Gasteiger partial charge >= 0.3 is 0 Å². The second-order valence-electron chi connectivity index (χ2n) is 7.73. The second-order valence-corrected chi connectivity index (χ2v) is 10.5. The molecule has 6 nitrogen and oxygen atoms in total. The van der Waals surface area contributed by atoms with Crippen LogP contribution in [0.4, 0.5) is 0 Å². The number of carbonyl (C=O) groups excluding carboxylic acids is 1. The number of amides is 1. The topological polar surface area (TPSA) is 51.2 Å². The van der Waals surface area contributed by atoms with Gasteiger partial charge < -0.3 is 19.1 Å². The fourth-order valence-corrected chi connectivity index (χ4v) is 7.08. The van der Waals surface area contributed by atoms with Gasteiger partial charge in [-0.05, 0) is 25.3 Å². The van der Waals surface area contributed by atoms with Crippen molar-refractivity contribution >= 4 is 27.5 Å². The highest BCUT2D eigenvalue weighted by atomic mass is 33.1. The smallest absolute Gasteiger partial charge is 0.222 e. The molecule has 0 spiro atoms. The summed E-state index contributed by atoms with van der Waals surface area (Å²) in [6.45, 7) is 4.11. The monoisotopic (exact) mass is 454 g/mol. The molecule has 30 heavy (non-hydrogen) atoms. The van der Waals surface area contributed by atoms with Gasteiger partial charge in [0.05, 0.1) is 21.3 Å². The largest absolute Gasteiger partial charge is 0.493 e. The van der Waals surface area contributed by atoms with Gasteiger partial charge in [-0.25, -0.2) is 0 Å². The van der Waals surface area contributed by atoms with Gasteiger partial charge in [-0.1, -0.05) is 34.1 Å². The Morgan fingerprint density at radius 2 is 1.80 bits per heavy atom. The number of nitrogens with zero attached hydrogens (tertiary/aromatic N) is 2. The molecule has 0 bridgehead atoms. The molecule has 0 aromatic heterocycles. The summed E-state index contributed by atoms with van der Waals surface area (Å²) in [4.78, 5) is 17.0. The highest BCUT2D eigenvalue weighted by Gasteiger charge is 2.23. The minimum absolute atomic E-state index is 0.312. The summed E-state index contributed by atoms with van der Waals surface area (Å²) in [5, 5.41) is 0.808. The molecule has 3 rings (SSSR count). The van der Waals surface area contributed by atoms with Crippen LogP contribution >= 0.6 is 21.6 Å². The van der Waals surface area contributed by atoms with Crippen LogP contribution in [-0.2, 0) is 11.3 Å². The summed E-state index contributed by atoms with van der Waals surface area (Å²) >= 11 is 0. The van der Waals surface area contributed by atoms with E-state index in [-0.39, 0.29) is 0 Å². The lowest BCUT2D eigenvalue weighted by molar-refractivity contribution is -0.133. The molecule has 2 aliphatic rings. The first kappa shape index (κ1) is 23.4. The molecule has 1 amide bonds. The molecule has 0 N–H and O–H groups in total. The van der Waals surface area contributed by atoms with Gasteiger partial charge in [-0.3, -0.25) is 9.69 Å². The summed E-state index contributed by atoms with van der Waals surface area (Å²) in [6.07, 6.45) is 5.46. The third-order valence-corrected chi connectivity index (χ3v) is 8.81.